The minimum atomic E-state index is -0.0425. The highest BCUT2D eigenvalue weighted by atomic mass is 16.5. The van der Waals surface area contributed by atoms with Gasteiger partial charge < -0.3 is 14.5 Å². The molecule has 0 saturated carbocycles. The van der Waals surface area contributed by atoms with Crippen LogP contribution in [-0.4, -0.2) is 43.7 Å². The number of nitrogens with one attached hydrogen (secondary N) is 1. The second-order valence-electron chi connectivity index (χ2n) is 8.30. The van der Waals surface area contributed by atoms with Gasteiger partial charge in [0.15, 0.2) is 0 Å². The average molecular weight is 392 g/mol. The number of amides is 1. The molecule has 0 spiro atoms. The van der Waals surface area contributed by atoms with Crippen molar-refractivity contribution in [2.24, 2.45) is 0 Å². The molecular weight excluding hydrogens is 364 g/mol. The number of benzene rings is 1. The Morgan fingerprint density at radius 2 is 2.00 bits per heavy atom. The molecule has 2 aliphatic heterocycles. The highest BCUT2D eigenvalue weighted by Gasteiger charge is 2.26. The van der Waals surface area contributed by atoms with E-state index in [0.717, 1.165) is 74.9 Å². The van der Waals surface area contributed by atoms with Crippen LogP contribution in [0.4, 0.5) is 5.69 Å². The summed E-state index contributed by atoms with van der Waals surface area (Å²) in [6.07, 6.45) is 7.42. The van der Waals surface area contributed by atoms with Gasteiger partial charge in [0.1, 0.15) is 11.5 Å². The zero-order chi connectivity index (χ0) is 19.8. The summed E-state index contributed by atoms with van der Waals surface area (Å²) in [5.41, 5.74) is 6.39. The lowest BCUT2D eigenvalue weighted by Crippen LogP contribution is -2.37. The van der Waals surface area contributed by atoms with Gasteiger partial charge in [0.05, 0.1) is 18.8 Å². The number of anilines is 1. The Labute approximate surface area is 171 Å². The smallest absolute Gasteiger partial charge is 0.256 e. The lowest BCUT2D eigenvalue weighted by molar-refractivity contribution is -0.110. The van der Waals surface area contributed by atoms with Crippen LogP contribution in [-0.2, 0) is 28.8 Å². The first-order chi connectivity index (χ1) is 14.2. The van der Waals surface area contributed by atoms with Crippen molar-refractivity contribution in [2.45, 2.75) is 39.0 Å². The second-order valence-corrected chi connectivity index (χ2v) is 8.30. The summed E-state index contributed by atoms with van der Waals surface area (Å²) in [6.45, 7) is 6.78. The largest absolute Gasteiger partial charge is 0.461 e. The van der Waals surface area contributed by atoms with Crippen molar-refractivity contribution in [1.29, 1.82) is 0 Å². The van der Waals surface area contributed by atoms with E-state index in [1.165, 1.54) is 29.5 Å². The summed E-state index contributed by atoms with van der Waals surface area (Å²) in [7, 11) is 0. The highest BCUT2D eigenvalue weighted by Crippen LogP contribution is 2.36. The van der Waals surface area contributed by atoms with Crippen molar-refractivity contribution < 1.29 is 13.9 Å². The molecule has 3 heterocycles. The van der Waals surface area contributed by atoms with E-state index < -0.39 is 0 Å². The van der Waals surface area contributed by atoms with Gasteiger partial charge in [0.25, 0.3) is 5.91 Å². The normalized spacial score (nSPS) is 20.6. The lowest BCUT2D eigenvalue weighted by atomic mass is 9.95. The summed E-state index contributed by atoms with van der Waals surface area (Å²) in [4.78, 5) is 15.1. The van der Waals surface area contributed by atoms with E-state index in [1.807, 2.05) is 12.1 Å². The molecule has 0 bridgehead atoms. The van der Waals surface area contributed by atoms with Gasteiger partial charge in [-0.25, -0.2) is 0 Å². The second kappa shape index (κ2) is 7.81. The van der Waals surface area contributed by atoms with Crippen molar-refractivity contribution in [2.75, 3.05) is 38.2 Å². The Balaban J connectivity index is 1.41. The maximum atomic E-state index is 12.7. The van der Waals surface area contributed by atoms with E-state index in [0.29, 0.717) is 5.57 Å². The zero-order valence-electron chi connectivity index (χ0n) is 17.1. The third kappa shape index (κ3) is 3.65. The molecular formula is C24H28N2O3. The van der Waals surface area contributed by atoms with Gasteiger partial charge >= 0.3 is 0 Å². The van der Waals surface area contributed by atoms with Crippen molar-refractivity contribution in [3.8, 4) is 0 Å². The molecule has 1 amide bonds. The van der Waals surface area contributed by atoms with Gasteiger partial charge in [-0.2, -0.15) is 0 Å². The fourth-order valence-electron chi connectivity index (χ4n) is 4.66. The number of ether oxygens (including phenoxy) is 1. The Bertz CT molecular complexity index is 967. The monoisotopic (exact) mass is 392 g/mol. The minimum absolute atomic E-state index is 0.0425. The number of furan rings is 1. The first kappa shape index (κ1) is 18.6. The topological polar surface area (TPSA) is 54.7 Å². The fraction of sp³-hybridized carbons (Fsp3) is 0.458. The Hall–Kier alpha value is -2.37. The summed E-state index contributed by atoms with van der Waals surface area (Å²) in [6, 6.07) is 6.32. The third-order valence-electron chi connectivity index (χ3n) is 6.44. The van der Waals surface area contributed by atoms with Gasteiger partial charge in [0, 0.05) is 37.3 Å². The van der Waals surface area contributed by atoms with Gasteiger partial charge in [-0.05, 0) is 67.5 Å². The van der Waals surface area contributed by atoms with Crippen LogP contribution in [0.2, 0.25) is 0 Å². The van der Waals surface area contributed by atoms with E-state index in [-0.39, 0.29) is 5.91 Å². The van der Waals surface area contributed by atoms with Gasteiger partial charge in [-0.15, -0.1) is 0 Å². The molecule has 1 fully saturated rings. The fourth-order valence-corrected chi connectivity index (χ4v) is 4.66. The predicted molar refractivity (Wildman–Crippen MR) is 114 cm³/mol. The third-order valence-corrected chi connectivity index (χ3v) is 6.44. The zero-order valence-corrected chi connectivity index (χ0v) is 17.1. The minimum Gasteiger partial charge on any atom is -0.461 e. The van der Waals surface area contributed by atoms with Gasteiger partial charge in [0.2, 0.25) is 0 Å². The number of nitrogens with zero attached hydrogens (tertiary/aromatic N) is 1. The molecule has 1 saturated heterocycles. The summed E-state index contributed by atoms with van der Waals surface area (Å²) in [5.74, 6) is 1.91. The maximum Gasteiger partial charge on any atom is 0.256 e. The Morgan fingerprint density at radius 1 is 1.17 bits per heavy atom. The van der Waals surface area contributed by atoms with Crippen molar-refractivity contribution >= 4 is 23.2 Å². The van der Waals surface area contributed by atoms with Crippen molar-refractivity contribution in [3.05, 3.63) is 52.0 Å². The van der Waals surface area contributed by atoms with E-state index in [1.54, 1.807) is 0 Å². The first-order valence-corrected chi connectivity index (χ1v) is 10.8. The Kier molecular flexibility index (Phi) is 5.02. The van der Waals surface area contributed by atoms with Crippen LogP contribution in [0.1, 0.15) is 46.6 Å². The molecule has 0 radical (unpaired) electrons. The maximum absolute atomic E-state index is 12.7. The number of fused-ring (bicyclic) bond motifs is 2. The molecule has 5 nitrogen and oxygen atoms in total. The summed E-state index contributed by atoms with van der Waals surface area (Å²) in [5, 5.41) is 3.01. The molecule has 1 aromatic carbocycles. The van der Waals surface area contributed by atoms with E-state index in [2.05, 4.69) is 29.3 Å². The number of rotatable bonds is 4. The number of carbonyl (C=O) groups is 1. The van der Waals surface area contributed by atoms with Crippen LogP contribution in [0, 0.1) is 6.92 Å². The van der Waals surface area contributed by atoms with Crippen molar-refractivity contribution in [1.82, 2.24) is 4.90 Å². The molecule has 3 aliphatic rings. The van der Waals surface area contributed by atoms with E-state index in [9.17, 15) is 4.79 Å². The lowest BCUT2D eigenvalue weighted by Gasteiger charge is -2.26. The van der Waals surface area contributed by atoms with Crippen LogP contribution in [0.5, 0.6) is 0 Å². The molecule has 152 valence electrons. The molecule has 1 aliphatic carbocycles. The molecule has 0 atom stereocenters. The van der Waals surface area contributed by atoms with Crippen LogP contribution < -0.4 is 5.32 Å². The summed E-state index contributed by atoms with van der Waals surface area (Å²) < 4.78 is 11.6. The van der Waals surface area contributed by atoms with E-state index in [4.69, 9.17) is 9.15 Å². The van der Waals surface area contributed by atoms with Crippen molar-refractivity contribution in [3.63, 3.8) is 0 Å². The first-order valence-electron chi connectivity index (χ1n) is 10.8. The molecule has 1 N–H and O–H groups in total. The summed E-state index contributed by atoms with van der Waals surface area (Å²) >= 11 is 0. The number of carbonyl (C=O) groups excluding carboxylic acids is 1. The van der Waals surface area contributed by atoms with E-state index >= 15 is 0 Å². The predicted octanol–water partition coefficient (Wildman–Crippen LogP) is 3.83. The molecule has 0 unspecified atom stereocenters. The number of hydrogen-bond donors (Lipinski definition) is 1. The van der Waals surface area contributed by atoms with Gasteiger partial charge in [-0.3, -0.25) is 9.69 Å². The average Bonchev–Trinajstić information content (AvgIpc) is 3.24. The Morgan fingerprint density at radius 3 is 2.83 bits per heavy atom. The highest BCUT2D eigenvalue weighted by molar-refractivity contribution is 6.34. The van der Waals surface area contributed by atoms with Gasteiger partial charge in [-0.1, -0.05) is 6.07 Å². The van der Waals surface area contributed by atoms with Crippen LogP contribution >= 0.6 is 0 Å². The van der Waals surface area contributed by atoms with Crippen LogP contribution in [0.3, 0.4) is 0 Å². The standard InChI is InChI=1S/C24H28N2O3/c1-16-18-4-2-3-5-22(18)29-23(16)15-20-19-14-17(6-7-21(19)25-24(20)27)8-9-26-10-12-28-13-11-26/h6-7,14-15H,2-5,8-13H2,1H3,(H,25,27). The molecule has 5 rings (SSSR count). The molecule has 2 aromatic rings. The van der Waals surface area contributed by atoms with Crippen LogP contribution in [0.25, 0.3) is 11.6 Å². The number of hydrogen-bond acceptors (Lipinski definition) is 4. The van der Waals surface area contributed by atoms with Crippen LogP contribution in [0.15, 0.2) is 22.6 Å². The number of aryl methyl sites for hydroxylation is 1. The molecule has 29 heavy (non-hydrogen) atoms. The number of morpholine rings is 1. The SMILES string of the molecule is Cc1c(C=C2C(=O)Nc3ccc(CCN4CCOCC4)cc32)oc2c1CCCC2. The molecule has 1 aromatic heterocycles. The molecule has 5 heteroatoms. The quantitative estimate of drug-likeness (QED) is 0.804.